The number of hydrogen-bond acceptors (Lipinski definition) is 5. The van der Waals surface area contributed by atoms with Gasteiger partial charge in [0.15, 0.2) is 0 Å². The van der Waals surface area contributed by atoms with Crippen molar-refractivity contribution in [3.05, 3.63) is 28.8 Å². The molecule has 0 saturated carbocycles. The van der Waals surface area contributed by atoms with Gasteiger partial charge >= 0.3 is 5.97 Å². The quantitative estimate of drug-likeness (QED) is 0.644. The van der Waals surface area contributed by atoms with E-state index < -0.39 is 5.97 Å². The van der Waals surface area contributed by atoms with Gasteiger partial charge < -0.3 is 21.3 Å². The summed E-state index contributed by atoms with van der Waals surface area (Å²) in [5.74, 6) is -0.233. The Balaban J connectivity index is 0. The first-order valence-electron chi connectivity index (χ1n) is 7.37. The molecule has 23 heavy (non-hydrogen) atoms. The zero-order valence-corrected chi connectivity index (χ0v) is 15.5. The predicted octanol–water partition coefficient (Wildman–Crippen LogP) is 2.58. The van der Waals surface area contributed by atoms with E-state index in [1.54, 1.807) is 12.1 Å². The number of benzene rings is 1. The van der Waals surface area contributed by atoms with Crippen LogP contribution in [0.5, 0.6) is 5.75 Å². The van der Waals surface area contributed by atoms with Gasteiger partial charge in [0, 0.05) is 12.1 Å². The fourth-order valence-corrected chi connectivity index (χ4v) is 2.16. The SMILES string of the molecule is CCC(N)Cc1cc(C(=O)OC)cc(CC(N)CC)c1O.Cl.Cl. The van der Waals surface area contributed by atoms with Crippen molar-refractivity contribution in [2.75, 3.05) is 7.11 Å². The minimum Gasteiger partial charge on any atom is -0.507 e. The van der Waals surface area contributed by atoms with E-state index in [9.17, 15) is 9.90 Å². The monoisotopic (exact) mass is 366 g/mol. The second-order valence-electron chi connectivity index (χ2n) is 5.38. The van der Waals surface area contributed by atoms with Gasteiger partial charge in [-0.2, -0.15) is 0 Å². The Morgan fingerprint density at radius 2 is 1.48 bits per heavy atom. The molecule has 0 radical (unpaired) electrons. The first-order chi connectivity index (χ1) is 9.92. The third kappa shape index (κ3) is 6.96. The summed E-state index contributed by atoms with van der Waals surface area (Å²) in [5, 5.41) is 10.4. The lowest BCUT2D eigenvalue weighted by Crippen LogP contribution is -2.23. The van der Waals surface area contributed by atoms with Crippen molar-refractivity contribution in [3.63, 3.8) is 0 Å². The van der Waals surface area contributed by atoms with Crippen molar-refractivity contribution in [1.29, 1.82) is 0 Å². The molecule has 2 atom stereocenters. The van der Waals surface area contributed by atoms with E-state index >= 15 is 0 Å². The lowest BCUT2D eigenvalue weighted by molar-refractivity contribution is 0.0600. The van der Waals surface area contributed by atoms with Gasteiger partial charge in [-0.05, 0) is 48.9 Å². The van der Waals surface area contributed by atoms with Gasteiger partial charge in [0.05, 0.1) is 12.7 Å². The van der Waals surface area contributed by atoms with Crippen LogP contribution < -0.4 is 11.5 Å². The van der Waals surface area contributed by atoms with Crippen LogP contribution in [0.4, 0.5) is 0 Å². The Bertz CT molecular complexity index is 465. The Morgan fingerprint density at radius 3 is 1.78 bits per heavy atom. The van der Waals surface area contributed by atoms with Crippen molar-refractivity contribution in [3.8, 4) is 5.75 Å². The molecule has 2 unspecified atom stereocenters. The normalized spacial score (nSPS) is 12.6. The predicted molar refractivity (Wildman–Crippen MR) is 97.9 cm³/mol. The first-order valence-corrected chi connectivity index (χ1v) is 7.37. The molecule has 7 heteroatoms. The fourth-order valence-electron chi connectivity index (χ4n) is 2.16. The van der Waals surface area contributed by atoms with E-state index in [1.165, 1.54) is 7.11 Å². The molecule has 5 nitrogen and oxygen atoms in total. The van der Waals surface area contributed by atoms with Crippen LogP contribution in [0.2, 0.25) is 0 Å². The maximum atomic E-state index is 11.8. The molecule has 0 spiro atoms. The topological polar surface area (TPSA) is 98.6 Å². The van der Waals surface area contributed by atoms with Crippen molar-refractivity contribution in [1.82, 2.24) is 0 Å². The van der Waals surface area contributed by atoms with Crippen LogP contribution in [-0.2, 0) is 17.6 Å². The molecule has 0 aromatic heterocycles. The van der Waals surface area contributed by atoms with Crippen molar-refractivity contribution in [2.45, 2.75) is 51.6 Å². The Labute approximate surface area is 150 Å². The summed E-state index contributed by atoms with van der Waals surface area (Å²) < 4.78 is 4.77. The number of ether oxygens (including phenoxy) is 1. The van der Waals surface area contributed by atoms with Gasteiger partial charge in [0.1, 0.15) is 5.75 Å². The molecular formula is C16H28Cl2N2O3. The minimum atomic E-state index is -0.423. The van der Waals surface area contributed by atoms with Crippen LogP contribution in [0.3, 0.4) is 0 Å². The van der Waals surface area contributed by atoms with Gasteiger partial charge in [-0.3, -0.25) is 0 Å². The lowest BCUT2D eigenvalue weighted by Gasteiger charge is -2.17. The smallest absolute Gasteiger partial charge is 0.337 e. The van der Waals surface area contributed by atoms with Gasteiger partial charge in [0.2, 0.25) is 0 Å². The molecule has 0 aliphatic heterocycles. The van der Waals surface area contributed by atoms with E-state index in [0.29, 0.717) is 29.5 Å². The molecule has 1 aromatic rings. The average molecular weight is 367 g/mol. The van der Waals surface area contributed by atoms with Crippen LogP contribution in [-0.4, -0.2) is 30.3 Å². The maximum absolute atomic E-state index is 11.8. The van der Waals surface area contributed by atoms with Crippen LogP contribution in [0.25, 0.3) is 0 Å². The van der Waals surface area contributed by atoms with Gasteiger partial charge in [-0.15, -0.1) is 24.8 Å². The van der Waals surface area contributed by atoms with Gasteiger partial charge in [-0.1, -0.05) is 13.8 Å². The molecule has 0 bridgehead atoms. The number of nitrogens with two attached hydrogens (primary N) is 2. The number of rotatable bonds is 7. The molecule has 0 aliphatic carbocycles. The molecule has 5 N–H and O–H groups in total. The van der Waals surface area contributed by atoms with Crippen LogP contribution in [0.15, 0.2) is 12.1 Å². The van der Waals surface area contributed by atoms with Gasteiger partial charge in [0.25, 0.3) is 0 Å². The number of phenols is 1. The Hall–Kier alpha value is -1.01. The molecule has 1 aromatic carbocycles. The third-order valence-corrected chi connectivity index (χ3v) is 3.70. The number of esters is 1. The highest BCUT2D eigenvalue weighted by Crippen LogP contribution is 2.28. The number of methoxy groups -OCH3 is 1. The van der Waals surface area contributed by atoms with E-state index in [4.69, 9.17) is 16.2 Å². The number of hydrogen-bond donors (Lipinski definition) is 3. The molecule has 0 fully saturated rings. The standard InChI is InChI=1S/C16H26N2O3.2ClH/c1-4-13(17)8-10-6-12(16(20)21-3)7-11(15(10)19)9-14(18)5-2;;/h6-7,13-14,19H,4-5,8-9,17-18H2,1-3H3;2*1H. The van der Waals surface area contributed by atoms with Gasteiger partial charge in [-0.25, -0.2) is 4.79 Å². The Morgan fingerprint density at radius 1 is 1.09 bits per heavy atom. The highest BCUT2D eigenvalue weighted by molar-refractivity contribution is 5.90. The number of aromatic hydroxyl groups is 1. The van der Waals surface area contributed by atoms with Crippen LogP contribution in [0.1, 0.15) is 48.2 Å². The molecule has 0 saturated heterocycles. The number of carbonyl (C=O) groups excluding carboxylic acids is 1. The molecule has 0 amide bonds. The fraction of sp³-hybridized carbons (Fsp3) is 0.562. The lowest BCUT2D eigenvalue weighted by atomic mass is 9.94. The highest BCUT2D eigenvalue weighted by Gasteiger charge is 2.17. The molecule has 134 valence electrons. The summed E-state index contributed by atoms with van der Waals surface area (Å²) >= 11 is 0. The summed E-state index contributed by atoms with van der Waals surface area (Å²) in [6.07, 6.45) is 2.63. The van der Waals surface area contributed by atoms with E-state index in [-0.39, 0.29) is 42.6 Å². The summed E-state index contributed by atoms with van der Waals surface area (Å²) in [6, 6.07) is 3.18. The number of carbonyl (C=O) groups is 1. The zero-order chi connectivity index (χ0) is 16.0. The van der Waals surface area contributed by atoms with Crippen molar-refractivity contribution < 1.29 is 14.6 Å². The minimum absolute atomic E-state index is 0. The summed E-state index contributed by atoms with van der Waals surface area (Å²) in [5.41, 5.74) is 13.7. The van der Waals surface area contributed by atoms with E-state index in [0.717, 1.165) is 12.8 Å². The molecule has 0 aliphatic rings. The third-order valence-electron chi connectivity index (χ3n) is 3.70. The highest BCUT2D eigenvalue weighted by atomic mass is 35.5. The molecule has 0 heterocycles. The Kier molecular flexibility index (Phi) is 12.1. The summed E-state index contributed by atoms with van der Waals surface area (Å²) in [6.45, 7) is 3.97. The maximum Gasteiger partial charge on any atom is 0.337 e. The molecular weight excluding hydrogens is 339 g/mol. The van der Waals surface area contributed by atoms with Crippen LogP contribution in [0, 0.1) is 0 Å². The second-order valence-corrected chi connectivity index (χ2v) is 5.38. The second kappa shape index (κ2) is 11.5. The average Bonchev–Trinajstić information content (AvgIpc) is 2.49. The molecule has 1 rings (SSSR count). The van der Waals surface area contributed by atoms with Crippen LogP contribution >= 0.6 is 24.8 Å². The first kappa shape index (κ1) is 24.2. The summed E-state index contributed by atoms with van der Waals surface area (Å²) in [4.78, 5) is 11.8. The van der Waals surface area contributed by atoms with E-state index in [1.807, 2.05) is 13.8 Å². The van der Waals surface area contributed by atoms with Crippen molar-refractivity contribution >= 4 is 30.8 Å². The zero-order valence-electron chi connectivity index (χ0n) is 13.9. The summed E-state index contributed by atoms with van der Waals surface area (Å²) in [7, 11) is 1.34. The number of phenolic OH excluding ortho intramolecular Hbond substituents is 1. The van der Waals surface area contributed by atoms with Crippen molar-refractivity contribution in [2.24, 2.45) is 11.5 Å². The largest absolute Gasteiger partial charge is 0.507 e. The number of halogens is 2. The van der Waals surface area contributed by atoms with E-state index in [2.05, 4.69) is 0 Å².